The van der Waals surface area contributed by atoms with Crippen LogP contribution < -0.4 is 5.46 Å². The summed E-state index contributed by atoms with van der Waals surface area (Å²) in [6, 6.07) is 13.1. The fourth-order valence-corrected chi connectivity index (χ4v) is 3.83. The van der Waals surface area contributed by atoms with Gasteiger partial charge >= 0.3 is 0 Å². The summed E-state index contributed by atoms with van der Waals surface area (Å²) in [7, 11) is 2.11. The summed E-state index contributed by atoms with van der Waals surface area (Å²) < 4.78 is 0. The highest BCUT2D eigenvalue weighted by Gasteiger charge is 2.22. The van der Waals surface area contributed by atoms with Crippen LogP contribution in [0.2, 0.25) is 0 Å². The van der Waals surface area contributed by atoms with Crippen LogP contribution in [0.1, 0.15) is 53.5 Å². The maximum atomic E-state index is 11.8. The Bertz CT molecular complexity index is 718. The number of aryl methyl sites for hydroxylation is 1. The van der Waals surface area contributed by atoms with Crippen LogP contribution >= 0.6 is 0 Å². The number of rotatable bonds is 4. The molecule has 0 radical (unpaired) electrons. The van der Waals surface area contributed by atoms with Gasteiger partial charge in [0.25, 0.3) is 0 Å². The molecular weight excluding hydrogens is 267 g/mol. The first-order valence-electron chi connectivity index (χ1n) is 8.23. The zero-order valence-corrected chi connectivity index (χ0v) is 13.8. The van der Waals surface area contributed by atoms with Gasteiger partial charge in [0, 0.05) is 12.3 Å². The minimum Gasteiger partial charge on any atom is -0.300 e. The van der Waals surface area contributed by atoms with Crippen molar-refractivity contribution in [2.75, 3.05) is 0 Å². The molecule has 1 aliphatic rings. The second-order valence-electron chi connectivity index (χ2n) is 6.64. The predicted molar refractivity (Wildman–Crippen MR) is 95.0 cm³/mol. The second kappa shape index (κ2) is 6.12. The van der Waals surface area contributed by atoms with Crippen molar-refractivity contribution < 1.29 is 4.79 Å². The molecule has 0 bridgehead atoms. The van der Waals surface area contributed by atoms with Crippen molar-refractivity contribution in [1.29, 1.82) is 0 Å². The van der Waals surface area contributed by atoms with E-state index in [1.807, 2.05) is 0 Å². The van der Waals surface area contributed by atoms with Gasteiger partial charge in [0.2, 0.25) is 0 Å². The Morgan fingerprint density at radius 2 is 2.05 bits per heavy atom. The van der Waals surface area contributed by atoms with Gasteiger partial charge in [-0.05, 0) is 60.9 Å². The summed E-state index contributed by atoms with van der Waals surface area (Å²) >= 11 is 0. The highest BCUT2D eigenvalue weighted by Crippen LogP contribution is 2.35. The zero-order chi connectivity index (χ0) is 15.7. The van der Waals surface area contributed by atoms with Gasteiger partial charge in [-0.15, -0.1) is 0 Å². The number of fused-ring (bicyclic) bond motifs is 1. The van der Waals surface area contributed by atoms with Gasteiger partial charge in [0.15, 0.2) is 0 Å². The van der Waals surface area contributed by atoms with E-state index in [0.717, 1.165) is 0 Å². The first-order valence-corrected chi connectivity index (χ1v) is 8.23. The molecule has 2 aromatic carbocycles. The van der Waals surface area contributed by atoms with Crippen molar-refractivity contribution in [3.8, 4) is 0 Å². The molecular formula is C20H23BO. The molecule has 1 nitrogen and oxygen atoms in total. The number of carbonyl (C=O) groups excluding carboxylic acids is 1. The van der Waals surface area contributed by atoms with E-state index >= 15 is 0 Å². The number of Topliss-reactive ketones (excluding diaryl/α,β-unsaturated/α-hetero) is 1. The van der Waals surface area contributed by atoms with E-state index < -0.39 is 0 Å². The van der Waals surface area contributed by atoms with Crippen molar-refractivity contribution >= 4 is 19.1 Å². The molecule has 22 heavy (non-hydrogen) atoms. The van der Waals surface area contributed by atoms with Gasteiger partial charge in [-0.3, -0.25) is 4.79 Å². The van der Waals surface area contributed by atoms with Crippen LogP contribution in [-0.2, 0) is 17.6 Å². The van der Waals surface area contributed by atoms with E-state index in [1.54, 1.807) is 6.92 Å². The summed E-state index contributed by atoms with van der Waals surface area (Å²) in [4.78, 5) is 11.8. The van der Waals surface area contributed by atoms with E-state index in [1.165, 1.54) is 52.5 Å². The normalized spacial score (nSPS) is 14.6. The first kappa shape index (κ1) is 15.1. The summed E-state index contributed by atoms with van der Waals surface area (Å²) in [5, 5.41) is 0. The van der Waals surface area contributed by atoms with Crippen LogP contribution in [-0.4, -0.2) is 13.6 Å². The maximum Gasteiger partial charge on any atom is 0.139 e. The van der Waals surface area contributed by atoms with Crippen molar-refractivity contribution in [3.05, 3.63) is 64.2 Å². The lowest BCUT2D eigenvalue weighted by atomic mass is 9.81. The summed E-state index contributed by atoms with van der Waals surface area (Å²) in [6.07, 6.45) is 4.25. The van der Waals surface area contributed by atoms with E-state index in [2.05, 4.69) is 51.2 Å². The maximum absolute atomic E-state index is 11.8. The van der Waals surface area contributed by atoms with Crippen LogP contribution in [0.5, 0.6) is 0 Å². The van der Waals surface area contributed by atoms with Crippen molar-refractivity contribution in [2.24, 2.45) is 0 Å². The number of hydrogen-bond acceptors (Lipinski definition) is 1. The molecule has 0 spiro atoms. The average molecular weight is 290 g/mol. The third-order valence-corrected chi connectivity index (χ3v) is 4.92. The standard InChI is InChI=1S/C20H23BO/c1-13(22)11-20(16-6-3-7-17(21)12-16)19-10-9-15-5-4-8-18(15)14(19)2/h3,6-7,9-10,12,20H,4-5,8,11,21H2,1-2H3. The molecule has 0 N–H and O–H groups in total. The van der Waals surface area contributed by atoms with Gasteiger partial charge in [0.1, 0.15) is 13.6 Å². The highest BCUT2D eigenvalue weighted by atomic mass is 16.1. The molecule has 0 amide bonds. The van der Waals surface area contributed by atoms with Crippen LogP contribution in [0.25, 0.3) is 0 Å². The van der Waals surface area contributed by atoms with Gasteiger partial charge in [-0.25, -0.2) is 0 Å². The van der Waals surface area contributed by atoms with Gasteiger partial charge in [-0.2, -0.15) is 0 Å². The molecule has 2 heteroatoms. The zero-order valence-electron chi connectivity index (χ0n) is 13.8. The predicted octanol–water partition coefficient (Wildman–Crippen LogP) is 2.85. The van der Waals surface area contributed by atoms with Crippen molar-refractivity contribution in [2.45, 2.75) is 45.4 Å². The largest absolute Gasteiger partial charge is 0.300 e. The number of benzene rings is 2. The molecule has 0 saturated carbocycles. The first-order chi connectivity index (χ1) is 10.6. The topological polar surface area (TPSA) is 17.1 Å². The fourth-order valence-electron chi connectivity index (χ4n) is 3.83. The molecule has 1 atom stereocenters. The third kappa shape index (κ3) is 2.88. The Morgan fingerprint density at radius 1 is 1.23 bits per heavy atom. The summed E-state index contributed by atoms with van der Waals surface area (Å²) in [5.74, 6) is 0.440. The number of ketones is 1. The van der Waals surface area contributed by atoms with Gasteiger partial charge in [-0.1, -0.05) is 41.9 Å². The average Bonchev–Trinajstić information content (AvgIpc) is 2.95. The van der Waals surface area contributed by atoms with E-state index in [9.17, 15) is 4.79 Å². The quantitative estimate of drug-likeness (QED) is 0.791. The lowest BCUT2D eigenvalue weighted by molar-refractivity contribution is -0.117. The minimum atomic E-state index is 0.184. The highest BCUT2D eigenvalue weighted by molar-refractivity contribution is 6.32. The van der Waals surface area contributed by atoms with Gasteiger partial charge < -0.3 is 0 Å². The van der Waals surface area contributed by atoms with E-state index in [4.69, 9.17) is 0 Å². The molecule has 0 saturated heterocycles. The monoisotopic (exact) mass is 290 g/mol. The van der Waals surface area contributed by atoms with E-state index in [0.29, 0.717) is 6.42 Å². The molecule has 1 aliphatic carbocycles. The molecule has 3 rings (SSSR count). The molecule has 0 aliphatic heterocycles. The Labute approximate surface area is 134 Å². The third-order valence-electron chi connectivity index (χ3n) is 4.92. The fraction of sp³-hybridized carbons (Fsp3) is 0.350. The molecule has 2 aromatic rings. The molecule has 1 unspecified atom stereocenters. The van der Waals surface area contributed by atoms with E-state index in [-0.39, 0.29) is 11.7 Å². The second-order valence-corrected chi connectivity index (χ2v) is 6.64. The molecule has 0 aromatic heterocycles. The smallest absolute Gasteiger partial charge is 0.139 e. The van der Waals surface area contributed by atoms with Crippen molar-refractivity contribution in [3.63, 3.8) is 0 Å². The SMILES string of the molecule is Bc1cccc(C(CC(C)=O)c2ccc3c(c2C)CCC3)c1. The Morgan fingerprint density at radius 3 is 2.77 bits per heavy atom. The molecule has 112 valence electrons. The number of carbonyl (C=O) groups is 1. The Kier molecular flexibility index (Phi) is 4.20. The minimum absolute atomic E-state index is 0.184. The molecule has 0 heterocycles. The summed E-state index contributed by atoms with van der Waals surface area (Å²) in [5.41, 5.74) is 8.29. The number of hydrogen-bond donors (Lipinski definition) is 0. The molecule has 0 fully saturated rings. The lowest BCUT2D eigenvalue weighted by Gasteiger charge is -2.21. The van der Waals surface area contributed by atoms with Gasteiger partial charge in [0.05, 0.1) is 0 Å². The Hall–Kier alpha value is -1.83. The van der Waals surface area contributed by atoms with Crippen molar-refractivity contribution in [1.82, 2.24) is 0 Å². The Balaban J connectivity index is 2.09. The summed E-state index contributed by atoms with van der Waals surface area (Å²) in [6.45, 7) is 3.94. The van der Waals surface area contributed by atoms with Crippen LogP contribution in [0.3, 0.4) is 0 Å². The lowest BCUT2D eigenvalue weighted by Crippen LogP contribution is -2.12. The van der Waals surface area contributed by atoms with Crippen LogP contribution in [0.4, 0.5) is 0 Å². The van der Waals surface area contributed by atoms with Crippen LogP contribution in [0.15, 0.2) is 36.4 Å². The van der Waals surface area contributed by atoms with Crippen LogP contribution in [0, 0.1) is 6.92 Å².